The maximum Gasteiger partial charge on any atom is 0.332 e. The highest BCUT2D eigenvalue weighted by Crippen LogP contribution is 1.66. The standard InChI is InChI=1S/C4H9N3O.ClH/c1-3(2)6-7-4(5)8;/h1-2H3,(H3,5,7,8);1H. The molecule has 2 amide bonds. The molecule has 0 heterocycles. The number of primary amides is 1. The lowest BCUT2D eigenvalue weighted by molar-refractivity contribution is 0.249. The molecule has 0 saturated heterocycles. The van der Waals surface area contributed by atoms with Crippen molar-refractivity contribution in [3.05, 3.63) is 0 Å². The summed E-state index contributed by atoms with van der Waals surface area (Å²) in [7, 11) is 0. The Morgan fingerprint density at radius 2 is 2.00 bits per heavy atom. The zero-order chi connectivity index (χ0) is 6.57. The van der Waals surface area contributed by atoms with Crippen molar-refractivity contribution < 1.29 is 4.79 Å². The van der Waals surface area contributed by atoms with Crippen LogP contribution in [0, 0.1) is 0 Å². The van der Waals surface area contributed by atoms with Crippen LogP contribution in [0.4, 0.5) is 4.79 Å². The summed E-state index contributed by atoms with van der Waals surface area (Å²) in [5, 5.41) is 3.52. The van der Waals surface area contributed by atoms with Gasteiger partial charge in [0.2, 0.25) is 0 Å². The average Bonchev–Trinajstić information content (AvgIpc) is 1.61. The van der Waals surface area contributed by atoms with E-state index in [9.17, 15) is 4.79 Å². The molecule has 0 rings (SSSR count). The third kappa shape index (κ3) is 11.1. The Morgan fingerprint density at radius 1 is 1.56 bits per heavy atom. The molecule has 0 atom stereocenters. The van der Waals surface area contributed by atoms with Crippen molar-refractivity contribution in [1.82, 2.24) is 5.43 Å². The van der Waals surface area contributed by atoms with Crippen LogP contribution in [-0.4, -0.2) is 11.7 Å². The van der Waals surface area contributed by atoms with E-state index in [0.717, 1.165) is 5.71 Å². The zero-order valence-electron chi connectivity index (χ0n) is 5.34. The van der Waals surface area contributed by atoms with Crippen molar-refractivity contribution in [2.45, 2.75) is 13.8 Å². The lowest BCUT2D eigenvalue weighted by Crippen LogP contribution is -2.24. The van der Waals surface area contributed by atoms with E-state index in [0.29, 0.717) is 0 Å². The smallest absolute Gasteiger partial charge is 0.332 e. The highest BCUT2D eigenvalue weighted by atomic mass is 35.5. The number of rotatable bonds is 1. The first kappa shape index (κ1) is 11.1. The molecule has 0 aliphatic carbocycles. The number of urea groups is 1. The van der Waals surface area contributed by atoms with Crippen LogP contribution in [0.15, 0.2) is 5.10 Å². The Balaban J connectivity index is 0. The van der Waals surface area contributed by atoms with Gasteiger partial charge >= 0.3 is 6.03 Å². The molecular weight excluding hydrogens is 142 g/mol. The topological polar surface area (TPSA) is 67.5 Å². The maximum absolute atomic E-state index is 9.91. The number of nitrogens with zero attached hydrogens (tertiary/aromatic N) is 1. The van der Waals surface area contributed by atoms with Gasteiger partial charge in [0.1, 0.15) is 0 Å². The van der Waals surface area contributed by atoms with E-state index in [1.807, 2.05) is 0 Å². The van der Waals surface area contributed by atoms with E-state index >= 15 is 0 Å². The molecule has 0 aromatic carbocycles. The van der Waals surface area contributed by atoms with Crippen LogP contribution < -0.4 is 11.2 Å². The van der Waals surface area contributed by atoms with Crippen LogP contribution in [0.25, 0.3) is 0 Å². The fourth-order valence-corrected chi connectivity index (χ4v) is 0.167. The summed E-state index contributed by atoms with van der Waals surface area (Å²) >= 11 is 0. The first-order chi connectivity index (χ1) is 3.63. The molecule has 9 heavy (non-hydrogen) atoms. The van der Waals surface area contributed by atoms with Gasteiger partial charge in [0.15, 0.2) is 0 Å². The van der Waals surface area contributed by atoms with Crippen LogP contribution in [0.2, 0.25) is 0 Å². The van der Waals surface area contributed by atoms with Gasteiger partial charge in [-0.15, -0.1) is 12.4 Å². The van der Waals surface area contributed by atoms with Gasteiger partial charge in [0, 0.05) is 5.71 Å². The Kier molecular flexibility index (Phi) is 6.61. The van der Waals surface area contributed by atoms with E-state index < -0.39 is 6.03 Å². The normalized spacial score (nSPS) is 6.89. The minimum Gasteiger partial charge on any atom is -0.350 e. The summed E-state index contributed by atoms with van der Waals surface area (Å²) in [6.07, 6.45) is 0. The maximum atomic E-state index is 9.91. The molecule has 5 heteroatoms. The van der Waals surface area contributed by atoms with Crippen LogP contribution in [0.1, 0.15) is 13.8 Å². The fraction of sp³-hybridized carbons (Fsp3) is 0.500. The summed E-state index contributed by atoms with van der Waals surface area (Å²) in [5.74, 6) is 0. The molecule has 0 spiro atoms. The quantitative estimate of drug-likeness (QED) is 0.415. The highest BCUT2D eigenvalue weighted by Gasteiger charge is 1.82. The van der Waals surface area contributed by atoms with Gasteiger partial charge in [-0.1, -0.05) is 0 Å². The van der Waals surface area contributed by atoms with Crippen LogP contribution in [0.3, 0.4) is 0 Å². The summed E-state index contributed by atoms with van der Waals surface area (Å²) in [4.78, 5) is 9.91. The van der Waals surface area contributed by atoms with Gasteiger partial charge in [-0.05, 0) is 13.8 Å². The zero-order valence-corrected chi connectivity index (χ0v) is 6.16. The third-order valence-corrected chi connectivity index (χ3v) is 0.390. The van der Waals surface area contributed by atoms with E-state index in [2.05, 4.69) is 16.3 Å². The molecule has 0 radical (unpaired) electrons. The number of hydrogen-bond donors (Lipinski definition) is 2. The summed E-state index contributed by atoms with van der Waals surface area (Å²) in [6, 6.07) is -0.633. The molecule has 0 unspecified atom stereocenters. The summed E-state index contributed by atoms with van der Waals surface area (Å²) in [5.41, 5.74) is 7.52. The molecule has 0 saturated carbocycles. The number of carbonyl (C=O) groups excluding carboxylic acids is 1. The summed E-state index contributed by atoms with van der Waals surface area (Å²) in [6.45, 7) is 3.52. The van der Waals surface area contributed by atoms with Gasteiger partial charge in [-0.25, -0.2) is 10.2 Å². The molecular formula is C4H10ClN3O. The molecule has 0 aromatic rings. The lowest BCUT2D eigenvalue weighted by Gasteiger charge is -1.89. The third-order valence-electron chi connectivity index (χ3n) is 0.390. The van der Waals surface area contributed by atoms with Crippen molar-refractivity contribution in [3.63, 3.8) is 0 Å². The number of carbonyl (C=O) groups is 1. The highest BCUT2D eigenvalue weighted by molar-refractivity contribution is 5.85. The number of nitrogens with one attached hydrogen (secondary N) is 1. The monoisotopic (exact) mass is 151 g/mol. The number of amides is 2. The lowest BCUT2D eigenvalue weighted by atomic mass is 10.5. The van der Waals surface area contributed by atoms with Crippen LogP contribution in [0.5, 0.6) is 0 Å². The van der Waals surface area contributed by atoms with Crippen molar-refractivity contribution >= 4 is 24.1 Å². The van der Waals surface area contributed by atoms with Gasteiger partial charge in [0.25, 0.3) is 0 Å². The van der Waals surface area contributed by atoms with E-state index in [1.54, 1.807) is 13.8 Å². The molecule has 0 aliphatic rings. The number of hydrazone groups is 1. The van der Waals surface area contributed by atoms with E-state index in [-0.39, 0.29) is 12.4 Å². The molecule has 0 fully saturated rings. The molecule has 0 bridgehead atoms. The van der Waals surface area contributed by atoms with Crippen molar-refractivity contribution in [2.24, 2.45) is 10.8 Å². The van der Waals surface area contributed by atoms with Gasteiger partial charge in [-0.2, -0.15) is 5.10 Å². The Labute approximate surface area is 59.9 Å². The molecule has 4 nitrogen and oxygen atoms in total. The van der Waals surface area contributed by atoms with E-state index in [4.69, 9.17) is 0 Å². The predicted molar refractivity (Wildman–Crippen MR) is 38.8 cm³/mol. The molecule has 54 valence electrons. The fourth-order valence-electron chi connectivity index (χ4n) is 0.167. The molecule has 0 aliphatic heterocycles. The Hall–Kier alpha value is -0.770. The van der Waals surface area contributed by atoms with Gasteiger partial charge in [0.05, 0.1) is 0 Å². The van der Waals surface area contributed by atoms with E-state index in [1.165, 1.54) is 0 Å². The second-order valence-electron chi connectivity index (χ2n) is 1.54. The predicted octanol–water partition coefficient (Wildman–Crippen LogP) is 0.472. The SMILES string of the molecule is CC(C)=NNC(N)=O.Cl. The van der Waals surface area contributed by atoms with Crippen molar-refractivity contribution in [1.29, 1.82) is 0 Å². The second kappa shape index (κ2) is 5.37. The van der Waals surface area contributed by atoms with Crippen LogP contribution >= 0.6 is 12.4 Å². The number of halogens is 1. The first-order valence-corrected chi connectivity index (χ1v) is 2.19. The first-order valence-electron chi connectivity index (χ1n) is 2.19. The Bertz CT molecular complexity index is 119. The average molecular weight is 152 g/mol. The number of nitrogens with two attached hydrogens (primary N) is 1. The van der Waals surface area contributed by atoms with Gasteiger partial charge < -0.3 is 5.73 Å². The largest absolute Gasteiger partial charge is 0.350 e. The van der Waals surface area contributed by atoms with Gasteiger partial charge in [-0.3, -0.25) is 0 Å². The Morgan fingerprint density at radius 3 is 2.11 bits per heavy atom. The minimum absolute atomic E-state index is 0. The number of hydrogen-bond acceptors (Lipinski definition) is 2. The van der Waals surface area contributed by atoms with Crippen LogP contribution in [-0.2, 0) is 0 Å². The molecule has 0 aromatic heterocycles. The van der Waals surface area contributed by atoms with Crippen molar-refractivity contribution in [2.75, 3.05) is 0 Å². The van der Waals surface area contributed by atoms with Crippen molar-refractivity contribution in [3.8, 4) is 0 Å². The molecule has 3 N–H and O–H groups in total. The second-order valence-corrected chi connectivity index (χ2v) is 1.54. The summed E-state index contributed by atoms with van der Waals surface area (Å²) < 4.78 is 0. The minimum atomic E-state index is -0.633.